The Morgan fingerprint density at radius 1 is 1.35 bits per heavy atom. The van der Waals surface area contributed by atoms with E-state index < -0.39 is 0 Å². The highest BCUT2D eigenvalue weighted by Gasteiger charge is 2.16. The molecular formula is C18H27FIN5S. The van der Waals surface area contributed by atoms with E-state index in [2.05, 4.69) is 40.7 Å². The molecule has 2 N–H and O–H groups in total. The van der Waals surface area contributed by atoms with Gasteiger partial charge in [-0.05, 0) is 44.7 Å². The van der Waals surface area contributed by atoms with Crippen LogP contribution >= 0.6 is 35.7 Å². The van der Waals surface area contributed by atoms with Crippen LogP contribution in [-0.4, -0.2) is 39.6 Å². The van der Waals surface area contributed by atoms with E-state index in [4.69, 9.17) is 0 Å². The van der Waals surface area contributed by atoms with Crippen LogP contribution < -0.4 is 10.6 Å². The van der Waals surface area contributed by atoms with E-state index in [0.717, 1.165) is 24.6 Å². The molecule has 26 heavy (non-hydrogen) atoms. The van der Waals surface area contributed by atoms with E-state index in [1.54, 1.807) is 41.1 Å². The van der Waals surface area contributed by atoms with Gasteiger partial charge in [0, 0.05) is 30.2 Å². The summed E-state index contributed by atoms with van der Waals surface area (Å²) in [4.78, 5) is 8.50. The Balaban J connectivity index is 0.00000338. The zero-order valence-electron chi connectivity index (χ0n) is 15.6. The van der Waals surface area contributed by atoms with Crippen LogP contribution in [-0.2, 0) is 6.54 Å². The fourth-order valence-electron chi connectivity index (χ4n) is 2.14. The molecule has 2 aromatic rings. The summed E-state index contributed by atoms with van der Waals surface area (Å²) in [6.45, 7) is 8.37. The Morgan fingerprint density at radius 2 is 2.12 bits per heavy atom. The second-order valence-electron chi connectivity index (χ2n) is 6.27. The fraction of sp³-hybridized carbons (Fsp3) is 0.444. The molecule has 0 saturated heterocycles. The topological polar surface area (TPSA) is 54.2 Å². The van der Waals surface area contributed by atoms with E-state index in [9.17, 15) is 4.39 Å². The van der Waals surface area contributed by atoms with Crippen molar-refractivity contribution in [2.24, 2.45) is 4.99 Å². The van der Waals surface area contributed by atoms with E-state index in [-0.39, 0.29) is 34.5 Å². The summed E-state index contributed by atoms with van der Waals surface area (Å²) in [5, 5.41) is 6.56. The van der Waals surface area contributed by atoms with E-state index in [1.165, 1.54) is 6.07 Å². The number of imidazole rings is 1. The van der Waals surface area contributed by atoms with Gasteiger partial charge in [0.25, 0.3) is 0 Å². The lowest BCUT2D eigenvalue weighted by atomic mass is 10.2. The van der Waals surface area contributed by atoms with Gasteiger partial charge in [-0.25, -0.2) is 14.4 Å². The van der Waals surface area contributed by atoms with Crippen LogP contribution in [0.1, 0.15) is 26.3 Å². The van der Waals surface area contributed by atoms with Crippen molar-refractivity contribution in [2.45, 2.75) is 32.1 Å². The Kier molecular flexibility index (Phi) is 9.42. The number of nitrogens with zero attached hydrogens (tertiary/aromatic N) is 3. The van der Waals surface area contributed by atoms with Crippen LogP contribution in [0.2, 0.25) is 0 Å². The SMILES string of the molecule is CCNC(=NCc1ccc(-n2ccnc2)c(F)c1)NCC(C)(C)SC.I. The predicted octanol–water partition coefficient (Wildman–Crippen LogP) is 3.83. The van der Waals surface area contributed by atoms with Crippen molar-refractivity contribution in [1.29, 1.82) is 0 Å². The lowest BCUT2D eigenvalue weighted by Gasteiger charge is -2.23. The number of rotatable bonds is 7. The lowest BCUT2D eigenvalue weighted by molar-refractivity contribution is 0.615. The summed E-state index contributed by atoms with van der Waals surface area (Å²) in [7, 11) is 0. The van der Waals surface area contributed by atoms with Gasteiger partial charge in [-0.1, -0.05) is 6.07 Å². The molecule has 144 valence electrons. The molecule has 0 aliphatic carbocycles. The van der Waals surface area contributed by atoms with Gasteiger partial charge in [0.1, 0.15) is 5.82 Å². The van der Waals surface area contributed by atoms with Crippen molar-refractivity contribution >= 4 is 41.7 Å². The quantitative estimate of drug-likeness (QED) is 0.351. The van der Waals surface area contributed by atoms with Crippen LogP contribution in [0, 0.1) is 5.82 Å². The zero-order valence-corrected chi connectivity index (χ0v) is 18.8. The minimum atomic E-state index is -0.285. The van der Waals surface area contributed by atoms with Crippen molar-refractivity contribution in [3.8, 4) is 5.69 Å². The Morgan fingerprint density at radius 3 is 2.69 bits per heavy atom. The van der Waals surface area contributed by atoms with E-state index in [1.807, 2.05) is 13.0 Å². The molecule has 1 heterocycles. The highest BCUT2D eigenvalue weighted by molar-refractivity contribution is 14.0. The summed E-state index contributed by atoms with van der Waals surface area (Å²) in [5.41, 5.74) is 1.31. The molecule has 1 aromatic carbocycles. The third kappa shape index (κ3) is 6.79. The maximum atomic E-state index is 14.3. The third-order valence-electron chi connectivity index (χ3n) is 3.79. The number of halogens is 2. The van der Waals surface area contributed by atoms with Gasteiger partial charge < -0.3 is 15.2 Å². The maximum Gasteiger partial charge on any atom is 0.191 e. The first-order valence-electron chi connectivity index (χ1n) is 8.29. The largest absolute Gasteiger partial charge is 0.357 e. The fourth-order valence-corrected chi connectivity index (χ4v) is 2.36. The molecule has 0 bridgehead atoms. The van der Waals surface area contributed by atoms with Crippen LogP contribution in [0.3, 0.4) is 0 Å². The first-order chi connectivity index (χ1) is 11.9. The number of aliphatic imine (C=N–C) groups is 1. The third-order valence-corrected chi connectivity index (χ3v) is 5.04. The number of nitrogens with one attached hydrogen (secondary N) is 2. The monoisotopic (exact) mass is 491 g/mol. The highest BCUT2D eigenvalue weighted by Crippen LogP contribution is 2.19. The molecule has 0 spiro atoms. The van der Waals surface area contributed by atoms with Gasteiger partial charge in [-0.15, -0.1) is 24.0 Å². The zero-order chi connectivity index (χ0) is 18.3. The molecular weight excluding hydrogens is 464 g/mol. The Bertz CT molecular complexity index is 704. The normalized spacial score (nSPS) is 11.8. The predicted molar refractivity (Wildman–Crippen MR) is 119 cm³/mol. The van der Waals surface area contributed by atoms with Crippen LogP contribution in [0.5, 0.6) is 0 Å². The highest BCUT2D eigenvalue weighted by atomic mass is 127. The molecule has 0 radical (unpaired) electrons. The Hall–Kier alpha value is -1.29. The molecule has 8 heteroatoms. The smallest absolute Gasteiger partial charge is 0.191 e. The number of hydrogen-bond donors (Lipinski definition) is 2. The summed E-state index contributed by atoms with van der Waals surface area (Å²) < 4.78 is 16.1. The van der Waals surface area contributed by atoms with Gasteiger partial charge in [0.2, 0.25) is 0 Å². The minimum Gasteiger partial charge on any atom is -0.357 e. The van der Waals surface area contributed by atoms with Gasteiger partial charge in [-0.3, -0.25) is 0 Å². The molecule has 5 nitrogen and oxygen atoms in total. The molecule has 0 saturated carbocycles. The number of hydrogen-bond acceptors (Lipinski definition) is 3. The number of benzene rings is 1. The van der Waals surface area contributed by atoms with Gasteiger partial charge in [0.15, 0.2) is 5.96 Å². The van der Waals surface area contributed by atoms with Crippen molar-refractivity contribution < 1.29 is 4.39 Å². The van der Waals surface area contributed by atoms with Crippen molar-refractivity contribution in [3.05, 3.63) is 48.3 Å². The van der Waals surface area contributed by atoms with Crippen LogP contribution in [0.25, 0.3) is 5.69 Å². The number of guanidine groups is 1. The molecule has 2 rings (SSSR count). The Labute approximate surface area is 176 Å². The molecule has 0 aliphatic rings. The average Bonchev–Trinajstić information content (AvgIpc) is 3.12. The van der Waals surface area contributed by atoms with E-state index >= 15 is 0 Å². The summed E-state index contributed by atoms with van der Waals surface area (Å²) >= 11 is 1.80. The summed E-state index contributed by atoms with van der Waals surface area (Å²) in [6, 6.07) is 5.16. The van der Waals surface area contributed by atoms with Crippen LogP contribution in [0.15, 0.2) is 41.9 Å². The molecule has 1 aromatic heterocycles. The van der Waals surface area contributed by atoms with Gasteiger partial charge in [-0.2, -0.15) is 11.8 Å². The second-order valence-corrected chi connectivity index (χ2v) is 7.78. The van der Waals surface area contributed by atoms with Gasteiger partial charge in [0.05, 0.1) is 18.6 Å². The number of thioether (sulfide) groups is 1. The molecule has 0 aliphatic heterocycles. The van der Waals surface area contributed by atoms with Crippen molar-refractivity contribution in [3.63, 3.8) is 0 Å². The van der Waals surface area contributed by atoms with E-state index in [0.29, 0.717) is 12.2 Å². The summed E-state index contributed by atoms with van der Waals surface area (Å²) in [5.74, 6) is 0.455. The van der Waals surface area contributed by atoms with Crippen molar-refractivity contribution in [1.82, 2.24) is 20.2 Å². The van der Waals surface area contributed by atoms with Gasteiger partial charge >= 0.3 is 0 Å². The molecule has 0 unspecified atom stereocenters. The maximum absolute atomic E-state index is 14.3. The summed E-state index contributed by atoms with van der Waals surface area (Å²) in [6.07, 6.45) is 7.02. The average molecular weight is 491 g/mol. The van der Waals surface area contributed by atoms with Crippen LogP contribution in [0.4, 0.5) is 4.39 Å². The molecule has 0 fully saturated rings. The minimum absolute atomic E-state index is 0. The first kappa shape index (κ1) is 22.8. The number of aromatic nitrogens is 2. The molecule has 0 atom stereocenters. The standard InChI is InChI=1S/C18H26FN5S.HI/c1-5-21-17(23-12-18(2,3)25-4)22-11-14-6-7-16(15(19)10-14)24-9-8-20-13-24;/h6-10,13H,5,11-12H2,1-4H3,(H2,21,22,23);1H. The molecule has 0 amide bonds. The lowest BCUT2D eigenvalue weighted by Crippen LogP contribution is -2.43. The second kappa shape index (κ2) is 10.8. The van der Waals surface area contributed by atoms with Crippen molar-refractivity contribution in [2.75, 3.05) is 19.3 Å². The first-order valence-corrected chi connectivity index (χ1v) is 9.52.